The van der Waals surface area contributed by atoms with Gasteiger partial charge in [0.2, 0.25) is 0 Å². The van der Waals surface area contributed by atoms with Crippen LogP contribution < -0.4 is 4.74 Å². The minimum absolute atomic E-state index is 0.0557. The molecule has 0 saturated heterocycles. The van der Waals surface area contributed by atoms with Gasteiger partial charge in [-0.1, -0.05) is 46.8 Å². The number of benzene rings is 2. The number of carbonyl (C=O) groups excluding carboxylic acids is 2. The average Bonchev–Trinajstić information content (AvgIpc) is 2.69. The number of ketones is 2. The topological polar surface area (TPSA) is 93.0 Å². The highest BCUT2D eigenvalue weighted by molar-refractivity contribution is 7.75. The van der Waals surface area contributed by atoms with Crippen molar-refractivity contribution in [2.75, 3.05) is 7.11 Å². The van der Waals surface area contributed by atoms with Gasteiger partial charge >= 0.3 is 0 Å². The summed E-state index contributed by atoms with van der Waals surface area (Å²) in [5.41, 5.74) is -0.134. The summed E-state index contributed by atoms with van der Waals surface area (Å²) in [6, 6.07) is 11.5. The first-order chi connectivity index (χ1) is 13.4. The predicted molar refractivity (Wildman–Crippen MR) is 106 cm³/mol. The van der Waals surface area contributed by atoms with E-state index in [0.29, 0.717) is 11.3 Å². The minimum Gasteiger partial charge on any atom is -0.506 e. The van der Waals surface area contributed by atoms with E-state index in [4.69, 9.17) is 16.3 Å². The molecule has 2 aromatic carbocycles. The number of Topliss-reactive ketones (excluding diaryl/α,β-unsaturated/α-hetero) is 2. The Morgan fingerprint density at radius 3 is 2.36 bits per heavy atom. The molecule has 1 fully saturated rings. The minimum atomic E-state index is -1.77. The monoisotopic (exact) mass is 418 g/mol. The summed E-state index contributed by atoms with van der Waals surface area (Å²) in [7, 11) is -0.363. The molecule has 0 bridgehead atoms. The van der Waals surface area contributed by atoms with Crippen LogP contribution in [0.15, 0.2) is 57.3 Å². The zero-order chi connectivity index (χ0) is 20.3. The predicted octanol–water partition coefficient (Wildman–Crippen LogP) is 4.78. The number of carbonyl (C=O) groups is 2. The first-order valence-corrected chi connectivity index (χ1v) is 9.97. The van der Waals surface area contributed by atoms with E-state index in [2.05, 4.69) is 4.36 Å². The number of rotatable bonds is 4. The van der Waals surface area contributed by atoms with Gasteiger partial charge in [0.1, 0.15) is 17.1 Å². The van der Waals surface area contributed by atoms with Crippen LogP contribution in [0.1, 0.15) is 24.8 Å². The maximum absolute atomic E-state index is 12.6. The number of aliphatic hydroxyl groups excluding tert-OH is 1. The van der Waals surface area contributed by atoms with Gasteiger partial charge in [-0.2, -0.15) is 10.6 Å². The van der Waals surface area contributed by atoms with Crippen molar-refractivity contribution in [2.24, 2.45) is 4.36 Å². The maximum Gasteiger partial charge on any atom is 0.170 e. The molecule has 1 aliphatic carbocycles. The van der Waals surface area contributed by atoms with E-state index in [1.165, 1.54) is 19.2 Å². The van der Waals surface area contributed by atoms with Gasteiger partial charge in [-0.05, 0) is 18.6 Å². The summed E-state index contributed by atoms with van der Waals surface area (Å²) < 4.78 is 21.9. The fourth-order valence-corrected chi connectivity index (χ4v) is 4.05. The number of methoxy groups -OCH3 is 1. The third-order valence-corrected chi connectivity index (χ3v) is 5.68. The summed E-state index contributed by atoms with van der Waals surface area (Å²) >= 11 is 6.41. The highest BCUT2D eigenvalue weighted by Crippen LogP contribution is 2.41. The molecule has 146 valence electrons. The number of allylic oxidation sites excluding steroid dienone is 1. The number of ether oxygens (including phenoxy) is 1. The van der Waals surface area contributed by atoms with Crippen LogP contribution in [0.3, 0.4) is 0 Å². The van der Waals surface area contributed by atoms with Gasteiger partial charge < -0.3 is 18.4 Å². The van der Waals surface area contributed by atoms with Crippen molar-refractivity contribution < 1.29 is 23.6 Å². The van der Waals surface area contributed by atoms with Crippen LogP contribution >= 0.6 is 11.6 Å². The molecule has 0 spiro atoms. The quantitative estimate of drug-likeness (QED) is 0.334. The second-order valence-corrected chi connectivity index (χ2v) is 7.59. The number of hydrogen-bond acceptors (Lipinski definition) is 7. The molecule has 0 atom stereocenters. The Kier molecular flexibility index (Phi) is 6.16. The van der Waals surface area contributed by atoms with E-state index < -0.39 is 27.9 Å². The fraction of sp³-hybridized carbons (Fsp3) is 0.200. The molecule has 0 radical (unpaired) electrons. The van der Waals surface area contributed by atoms with Crippen LogP contribution in [-0.4, -0.2) is 23.8 Å². The Morgan fingerprint density at radius 1 is 1.11 bits per heavy atom. The summed E-state index contributed by atoms with van der Waals surface area (Å²) in [5.74, 6) is -1.10. The van der Waals surface area contributed by atoms with E-state index in [1.807, 2.05) is 0 Å². The van der Waals surface area contributed by atoms with Crippen LogP contribution in [0.25, 0.3) is 5.76 Å². The smallest absolute Gasteiger partial charge is 0.170 e. The molecule has 0 heterocycles. The van der Waals surface area contributed by atoms with Crippen molar-refractivity contribution in [1.29, 1.82) is 0 Å². The lowest BCUT2D eigenvalue weighted by molar-refractivity contribution is -0.123. The Labute approximate surface area is 169 Å². The third kappa shape index (κ3) is 3.95. The van der Waals surface area contributed by atoms with Crippen molar-refractivity contribution >= 4 is 45.2 Å². The van der Waals surface area contributed by atoms with Crippen LogP contribution in [0.2, 0.25) is 5.02 Å². The molecular formula is C20H17ClNO5S-. The molecule has 1 N–H and O–H groups in total. The fourth-order valence-electron chi connectivity index (χ4n) is 2.87. The van der Waals surface area contributed by atoms with Gasteiger partial charge in [-0.3, -0.25) is 9.59 Å². The van der Waals surface area contributed by atoms with Gasteiger partial charge in [0, 0.05) is 18.4 Å². The summed E-state index contributed by atoms with van der Waals surface area (Å²) in [6.45, 7) is 0. The molecule has 0 aliphatic heterocycles. The largest absolute Gasteiger partial charge is 0.506 e. The van der Waals surface area contributed by atoms with E-state index in [-0.39, 0.29) is 40.4 Å². The Morgan fingerprint density at radius 2 is 1.75 bits per heavy atom. The molecule has 1 aliphatic rings. The molecular weight excluding hydrogens is 402 g/mol. The lowest BCUT2D eigenvalue weighted by atomic mass is 9.89. The molecule has 6 nitrogen and oxygen atoms in total. The number of aliphatic hydroxyl groups is 1. The lowest BCUT2D eigenvalue weighted by Gasteiger charge is -2.17. The summed E-state index contributed by atoms with van der Waals surface area (Å²) in [4.78, 5) is 24.7. The average molecular weight is 419 g/mol. The van der Waals surface area contributed by atoms with Crippen molar-refractivity contribution in [2.45, 2.75) is 24.2 Å². The lowest BCUT2D eigenvalue weighted by Crippen LogP contribution is -2.20. The first-order valence-electron chi connectivity index (χ1n) is 8.49. The van der Waals surface area contributed by atoms with Gasteiger partial charge in [0.15, 0.2) is 11.6 Å². The zero-order valence-corrected chi connectivity index (χ0v) is 16.5. The Balaban J connectivity index is 2.16. The number of halogens is 1. The van der Waals surface area contributed by atoms with Crippen LogP contribution in [-0.2, 0) is 24.4 Å². The molecule has 1 saturated carbocycles. The van der Waals surface area contributed by atoms with Crippen molar-refractivity contribution in [3.05, 3.63) is 58.6 Å². The SMILES string of the molecule is COc1ccc(C(O)=C2C(=O)CCCC2=O)c(Cl)c1N=[S-](=O)c1ccccc1. The first kappa shape index (κ1) is 20.1. The van der Waals surface area contributed by atoms with E-state index in [9.17, 15) is 18.9 Å². The van der Waals surface area contributed by atoms with E-state index in [0.717, 1.165) is 0 Å². The molecule has 28 heavy (non-hydrogen) atoms. The van der Waals surface area contributed by atoms with Crippen LogP contribution in [0.4, 0.5) is 5.69 Å². The maximum atomic E-state index is 12.6. The Bertz CT molecular complexity index is 1040. The van der Waals surface area contributed by atoms with Gasteiger partial charge in [-0.15, -0.1) is 0 Å². The van der Waals surface area contributed by atoms with Gasteiger partial charge in [-0.25, -0.2) is 0 Å². The third-order valence-electron chi connectivity index (χ3n) is 4.28. The van der Waals surface area contributed by atoms with Crippen molar-refractivity contribution in [3.8, 4) is 5.75 Å². The number of nitrogens with zero attached hydrogens (tertiary/aromatic N) is 1. The molecule has 0 unspecified atom stereocenters. The van der Waals surface area contributed by atoms with Crippen molar-refractivity contribution in [3.63, 3.8) is 0 Å². The number of hydrogen-bond donors (Lipinski definition) is 1. The summed E-state index contributed by atoms with van der Waals surface area (Å²) in [6.07, 6.45) is 0.837. The second kappa shape index (κ2) is 8.58. The van der Waals surface area contributed by atoms with Crippen molar-refractivity contribution in [1.82, 2.24) is 0 Å². The second-order valence-electron chi connectivity index (χ2n) is 6.05. The standard InChI is InChI=1S/C20H17ClNO5S/c1-27-16-11-10-13(20(25)17-14(23)8-5-9-15(17)24)18(21)19(16)22-28(26)12-6-3-2-4-7-12/h2-4,6-7,10-11,25H,5,8-9H2,1H3/q-1. The van der Waals surface area contributed by atoms with E-state index >= 15 is 0 Å². The molecule has 8 heteroatoms. The Hall–Kier alpha value is -2.64. The van der Waals surface area contributed by atoms with E-state index in [1.54, 1.807) is 30.3 Å². The normalized spacial score (nSPS) is 15.6. The molecule has 0 amide bonds. The zero-order valence-electron chi connectivity index (χ0n) is 15.0. The van der Waals surface area contributed by atoms with Gasteiger partial charge in [0.25, 0.3) is 0 Å². The molecule has 0 aromatic heterocycles. The van der Waals surface area contributed by atoms with Crippen LogP contribution in [0.5, 0.6) is 5.75 Å². The van der Waals surface area contributed by atoms with Gasteiger partial charge in [0.05, 0.1) is 17.8 Å². The highest BCUT2D eigenvalue weighted by Gasteiger charge is 2.29. The van der Waals surface area contributed by atoms with Crippen LogP contribution in [0, 0.1) is 0 Å². The summed E-state index contributed by atoms with van der Waals surface area (Å²) in [5, 5.41) is 10.5. The highest BCUT2D eigenvalue weighted by atomic mass is 35.5. The molecule has 2 aromatic rings. The molecule has 3 rings (SSSR count).